The molecule has 1 heterocycles. The summed E-state index contributed by atoms with van der Waals surface area (Å²) >= 11 is 6.07. The van der Waals surface area contributed by atoms with E-state index in [1.807, 2.05) is 18.2 Å². The molecule has 4 nitrogen and oxygen atoms in total. The Morgan fingerprint density at radius 1 is 1.29 bits per heavy atom. The average Bonchev–Trinajstić information content (AvgIpc) is 3.26. The molecule has 1 aliphatic carbocycles. The third kappa shape index (κ3) is 3.89. The standard InChI is InChI=1S/C16H22ClN3O/c1-10-8-11(6-7-18-10)16(21)20-15-9-12(17)2-5-14(15)19-13-3-4-13/h2,5,9-11,13,18-19H,3-4,6-8H2,1H3,(H,20,21)/t10-,11-/m0/s1. The molecule has 114 valence electrons. The second-order valence-electron chi connectivity index (χ2n) is 6.17. The van der Waals surface area contributed by atoms with E-state index in [0.717, 1.165) is 30.8 Å². The highest BCUT2D eigenvalue weighted by atomic mass is 35.5. The Kier molecular flexibility index (Phi) is 4.36. The van der Waals surface area contributed by atoms with Gasteiger partial charge in [-0.15, -0.1) is 0 Å². The van der Waals surface area contributed by atoms with Gasteiger partial charge in [0.1, 0.15) is 0 Å². The molecule has 1 aliphatic heterocycles. The highest BCUT2D eigenvalue weighted by Crippen LogP contribution is 2.32. The van der Waals surface area contributed by atoms with Gasteiger partial charge >= 0.3 is 0 Å². The maximum Gasteiger partial charge on any atom is 0.227 e. The van der Waals surface area contributed by atoms with E-state index in [2.05, 4.69) is 22.9 Å². The summed E-state index contributed by atoms with van der Waals surface area (Å²) in [5.74, 6) is 0.179. The summed E-state index contributed by atoms with van der Waals surface area (Å²) in [6.45, 7) is 3.03. The molecule has 1 aromatic rings. The van der Waals surface area contributed by atoms with Crippen molar-refractivity contribution in [1.29, 1.82) is 0 Å². The zero-order valence-corrected chi connectivity index (χ0v) is 13.0. The second-order valence-corrected chi connectivity index (χ2v) is 6.61. The lowest BCUT2D eigenvalue weighted by molar-refractivity contribution is -0.120. The van der Waals surface area contributed by atoms with Gasteiger partial charge in [0.25, 0.3) is 0 Å². The van der Waals surface area contributed by atoms with Crippen LogP contribution in [0.3, 0.4) is 0 Å². The molecule has 0 spiro atoms. The van der Waals surface area contributed by atoms with E-state index in [4.69, 9.17) is 11.6 Å². The second kappa shape index (κ2) is 6.24. The first-order chi connectivity index (χ1) is 10.1. The minimum Gasteiger partial charge on any atom is -0.381 e. The molecule has 2 atom stereocenters. The van der Waals surface area contributed by atoms with E-state index in [1.165, 1.54) is 12.8 Å². The number of benzene rings is 1. The third-order valence-corrected chi connectivity index (χ3v) is 4.41. The van der Waals surface area contributed by atoms with Crippen LogP contribution in [0.25, 0.3) is 0 Å². The Bertz CT molecular complexity index is 530. The first-order valence-corrected chi connectivity index (χ1v) is 8.10. The lowest BCUT2D eigenvalue weighted by Gasteiger charge is -2.27. The van der Waals surface area contributed by atoms with E-state index in [0.29, 0.717) is 17.1 Å². The average molecular weight is 308 g/mol. The topological polar surface area (TPSA) is 53.2 Å². The molecule has 1 amide bonds. The van der Waals surface area contributed by atoms with Crippen molar-refractivity contribution < 1.29 is 4.79 Å². The van der Waals surface area contributed by atoms with Gasteiger partial charge in [0.05, 0.1) is 11.4 Å². The van der Waals surface area contributed by atoms with Gasteiger partial charge in [0, 0.05) is 23.0 Å². The molecule has 3 rings (SSSR count). The summed E-state index contributed by atoms with van der Waals surface area (Å²) in [5, 5.41) is 10.5. The maximum atomic E-state index is 12.5. The Labute approximate surface area is 130 Å². The molecular formula is C16H22ClN3O. The number of carbonyl (C=O) groups is 1. The number of anilines is 2. The molecule has 3 N–H and O–H groups in total. The van der Waals surface area contributed by atoms with Crippen molar-refractivity contribution in [2.24, 2.45) is 5.92 Å². The normalized spacial score (nSPS) is 25.4. The van der Waals surface area contributed by atoms with Crippen molar-refractivity contribution in [3.63, 3.8) is 0 Å². The first kappa shape index (κ1) is 14.7. The highest BCUT2D eigenvalue weighted by molar-refractivity contribution is 6.31. The van der Waals surface area contributed by atoms with Crippen molar-refractivity contribution in [1.82, 2.24) is 5.32 Å². The molecule has 0 unspecified atom stereocenters. The number of amides is 1. The molecule has 1 saturated heterocycles. The number of halogens is 1. The van der Waals surface area contributed by atoms with E-state index in [-0.39, 0.29) is 11.8 Å². The van der Waals surface area contributed by atoms with Gasteiger partial charge in [-0.3, -0.25) is 4.79 Å². The van der Waals surface area contributed by atoms with Crippen LogP contribution in [-0.2, 0) is 4.79 Å². The van der Waals surface area contributed by atoms with Crippen LogP contribution in [-0.4, -0.2) is 24.5 Å². The van der Waals surface area contributed by atoms with Crippen LogP contribution in [0.1, 0.15) is 32.6 Å². The van der Waals surface area contributed by atoms with Gasteiger partial charge in [-0.25, -0.2) is 0 Å². The molecule has 0 radical (unpaired) electrons. The van der Waals surface area contributed by atoms with Crippen LogP contribution < -0.4 is 16.0 Å². The minimum atomic E-state index is 0.0778. The van der Waals surface area contributed by atoms with Gasteiger partial charge in [-0.05, 0) is 57.4 Å². The van der Waals surface area contributed by atoms with Crippen LogP contribution in [0, 0.1) is 5.92 Å². The van der Waals surface area contributed by atoms with Gasteiger partial charge in [-0.2, -0.15) is 0 Å². The molecule has 21 heavy (non-hydrogen) atoms. The van der Waals surface area contributed by atoms with E-state index < -0.39 is 0 Å². The smallest absolute Gasteiger partial charge is 0.227 e. The quantitative estimate of drug-likeness (QED) is 0.800. The van der Waals surface area contributed by atoms with Crippen LogP contribution in [0.15, 0.2) is 18.2 Å². The molecule has 1 saturated carbocycles. The zero-order valence-electron chi connectivity index (χ0n) is 12.3. The van der Waals surface area contributed by atoms with Gasteiger partial charge < -0.3 is 16.0 Å². The number of nitrogens with one attached hydrogen (secondary N) is 3. The van der Waals surface area contributed by atoms with Crippen molar-refractivity contribution in [2.75, 3.05) is 17.2 Å². The zero-order chi connectivity index (χ0) is 14.8. The SMILES string of the molecule is C[C@H]1C[C@@H](C(=O)Nc2cc(Cl)ccc2NC2CC2)CCN1. The van der Waals surface area contributed by atoms with Crippen molar-refractivity contribution in [3.8, 4) is 0 Å². The third-order valence-electron chi connectivity index (χ3n) is 4.17. The number of hydrogen-bond donors (Lipinski definition) is 3. The van der Waals surface area contributed by atoms with Crippen LogP contribution in [0.2, 0.25) is 5.02 Å². The van der Waals surface area contributed by atoms with E-state index in [1.54, 1.807) is 0 Å². The fourth-order valence-corrected chi connectivity index (χ4v) is 2.97. The lowest BCUT2D eigenvalue weighted by atomic mass is 9.92. The summed E-state index contributed by atoms with van der Waals surface area (Å²) < 4.78 is 0. The van der Waals surface area contributed by atoms with Crippen molar-refractivity contribution in [2.45, 2.75) is 44.7 Å². The Balaban J connectivity index is 1.70. The number of piperidine rings is 1. The summed E-state index contributed by atoms with van der Waals surface area (Å²) in [6.07, 6.45) is 4.17. The number of rotatable bonds is 4. The fourth-order valence-electron chi connectivity index (χ4n) is 2.80. The number of hydrogen-bond acceptors (Lipinski definition) is 3. The molecule has 0 bridgehead atoms. The molecule has 5 heteroatoms. The van der Waals surface area contributed by atoms with Crippen molar-refractivity contribution in [3.05, 3.63) is 23.2 Å². The lowest BCUT2D eigenvalue weighted by Crippen LogP contribution is -2.40. The van der Waals surface area contributed by atoms with Crippen molar-refractivity contribution >= 4 is 28.9 Å². The summed E-state index contributed by atoms with van der Waals surface area (Å²) in [5.41, 5.74) is 1.77. The fraction of sp³-hybridized carbons (Fsp3) is 0.562. The molecule has 1 aromatic carbocycles. The van der Waals surface area contributed by atoms with E-state index >= 15 is 0 Å². The summed E-state index contributed by atoms with van der Waals surface area (Å²) in [6, 6.07) is 6.57. The number of carbonyl (C=O) groups excluding carboxylic acids is 1. The van der Waals surface area contributed by atoms with Gasteiger partial charge in [0.2, 0.25) is 5.91 Å². The van der Waals surface area contributed by atoms with E-state index in [9.17, 15) is 4.79 Å². The largest absolute Gasteiger partial charge is 0.381 e. The highest BCUT2D eigenvalue weighted by Gasteiger charge is 2.26. The van der Waals surface area contributed by atoms with Crippen LogP contribution in [0.5, 0.6) is 0 Å². The van der Waals surface area contributed by atoms with Gasteiger partial charge in [0.15, 0.2) is 0 Å². The maximum absolute atomic E-state index is 12.5. The molecule has 2 aliphatic rings. The summed E-state index contributed by atoms with van der Waals surface area (Å²) in [4.78, 5) is 12.5. The Hall–Kier alpha value is -1.26. The van der Waals surface area contributed by atoms with Crippen LogP contribution in [0.4, 0.5) is 11.4 Å². The minimum absolute atomic E-state index is 0.0778. The summed E-state index contributed by atoms with van der Waals surface area (Å²) in [7, 11) is 0. The molecule has 2 fully saturated rings. The first-order valence-electron chi connectivity index (χ1n) is 7.72. The Morgan fingerprint density at radius 3 is 2.81 bits per heavy atom. The predicted molar refractivity (Wildman–Crippen MR) is 86.9 cm³/mol. The predicted octanol–water partition coefficient (Wildman–Crippen LogP) is 3.24. The van der Waals surface area contributed by atoms with Crippen LogP contribution >= 0.6 is 11.6 Å². The molecule has 0 aromatic heterocycles. The monoisotopic (exact) mass is 307 g/mol. The molecular weight excluding hydrogens is 286 g/mol. The Morgan fingerprint density at radius 2 is 2.10 bits per heavy atom. The van der Waals surface area contributed by atoms with Gasteiger partial charge in [-0.1, -0.05) is 11.6 Å².